The minimum absolute atomic E-state index is 0.0735. The number of hydrogen-bond donors (Lipinski definition) is 1. The average molecular weight is 463 g/mol. The maximum absolute atomic E-state index is 12.7. The summed E-state index contributed by atoms with van der Waals surface area (Å²) in [6, 6.07) is 7.41. The maximum Gasteiger partial charge on any atom is 0.417 e. The summed E-state index contributed by atoms with van der Waals surface area (Å²) in [7, 11) is 0. The van der Waals surface area contributed by atoms with Crippen LogP contribution in [0.4, 0.5) is 13.2 Å². The van der Waals surface area contributed by atoms with E-state index in [4.69, 9.17) is 20.9 Å². The number of alkyl halides is 3. The van der Waals surface area contributed by atoms with E-state index < -0.39 is 11.7 Å². The summed E-state index contributed by atoms with van der Waals surface area (Å²) >= 11 is 5.88. The van der Waals surface area contributed by atoms with Crippen LogP contribution >= 0.6 is 11.6 Å². The number of rotatable bonds is 4. The highest BCUT2D eigenvalue weighted by Gasteiger charge is 2.32. The van der Waals surface area contributed by atoms with Gasteiger partial charge in [-0.15, -0.1) is 0 Å². The molecule has 12 heteroatoms. The number of aromatic amines is 1. The van der Waals surface area contributed by atoms with Gasteiger partial charge in [0.1, 0.15) is 10.8 Å². The third-order valence-electron chi connectivity index (χ3n) is 5.13. The van der Waals surface area contributed by atoms with E-state index >= 15 is 0 Å². The summed E-state index contributed by atoms with van der Waals surface area (Å²) in [6.45, 7) is 0. The van der Waals surface area contributed by atoms with Gasteiger partial charge < -0.3 is 9.26 Å². The molecule has 0 fully saturated rings. The Balaban J connectivity index is 1.29. The molecule has 4 aromatic rings. The first-order valence-corrected chi connectivity index (χ1v) is 9.98. The van der Waals surface area contributed by atoms with Gasteiger partial charge in [-0.2, -0.15) is 33.6 Å². The second kappa shape index (κ2) is 7.90. The Hall–Kier alpha value is -3.47. The van der Waals surface area contributed by atoms with Crippen molar-refractivity contribution in [2.24, 2.45) is 0 Å². The summed E-state index contributed by atoms with van der Waals surface area (Å²) in [5.41, 5.74) is 1.63. The first-order chi connectivity index (χ1) is 15.4. The Kier molecular flexibility index (Phi) is 5.04. The number of hydrogen-bond acceptors (Lipinski definition) is 7. The van der Waals surface area contributed by atoms with E-state index in [-0.39, 0.29) is 16.8 Å². The zero-order valence-corrected chi connectivity index (χ0v) is 17.0. The van der Waals surface area contributed by atoms with Crippen LogP contribution in [0.15, 0.2) is 41.1 Å². The van der Waals surface area contributed by atoms with Crippen LogP contribution in [0.2, 0.25) is 5.02 Å². The molecule has 0 amide bonds. The summed E-state index contributed by atoms with van der Waals surface area (Å²) in [5.74, 6) is 1.25. The van der Waals surface area contributed by atoms with Crippen molar-refractivity contribution < 1.29 is 22.4 Å². The molecule has 0 saturated heterocycles. The van der Waals surface area contributed by atoms with Crippen molar-refractivity contribution in [1.29, 1.82) is 0 Å². The summed E-state index contributed by atoms with van der Waals surface area (Å²) in [6.07, 6.45) is -1.55. The maximum atomic E-state index is 12.7. The molecular weight excluding hydrogens is 449 g/mol. The first kappa shape index (κ1) is 20.4. The molecule has 1 unspecified atom stereocenters. The fourth-order valence-electron chi connectivity index (χ4n) is 3.45. The first-order valence-electron chi connectivity index (χ1n) is 9.60. The van der Waals surface area contributed by atoms with Gasteiger partial charge in [0, 0.05) is 24.1 Å². The Morgan fingerprint density at radius 3 is 2.66 bits per heavy atom. The second-order valence-electron chi connectivity index (χ2n) is 7.25. The van der Waals surface area contributed by atoms with Crippen molar-refractivity contribution in [3.8, 4) is 23.0 Å². The molecule has 164 valence electrons. The highest BCUT2D eigenvalue weighted by Crippen LogP contribution is 2.35. The van der Waals surface area contributed by atoms with Crippen molar-refractivity contribution in [3.05, 3.63) is 64.4 Å². The number of H-pyrrole nitrogens is 1. The molecule has 3 heterocycles. The molecular formula is C20H14ClF3N6O2. The van der Waals surface area contributed by atoms with Gasteiger partial charge in [0.05, 0.1) is 17.0 Å². The third-order valence-corrected chi connectivity index (χ3v) is 5.40. The zero-order valence-electron chi connectivity index (χ0n) is 16.2. The Morgan fingerprint density at radius 2 is 1.91 bits per heavy atom. The van der Waals surface area contributed by atoms with E-state index in [2.05, 4.69) is 30.5 Å². The monoisotopic (exact) mass is 462 g/mol. The van der Waals surface area contributed by atoms with Gasteiger partial charge in [-0.25, -0.2) is 4.98 Å². The summed E-state index contributed by atoms with van der Waals surface area (Å²) < 4.78 is 49.2. The van der Waals surface area contributed by atoms with Crippen LogP contribution in [-0.4, -0.2) is 30.5 Å². The van der Waals surface area contributed by atoms with E-state index in [1.807, 2.05) is 0 Å². The molecule has 1 aromatic carbocycles. The van der Waals surface area contributed by atoms with E-state index in [9.17, 15) is 13.2 Å². The molecule has 0 bridgehead atoms. The predicted molar refractivity (Wildman–Crippen MR) is 105 cm³/mol. The van der Waals surface area contributed by atoms with Crippen LogP contribution in [0.25, 0.3) is 11.4 Å². The number of nitrogens with zero attached hydrogens (tertiary/aromatic N) is 5. The molecule has 5 rings (SSSR count). The van der Waals surface area contributed by atoms with Gasteiger partial charge in [0.15, 0.2) is 0 Å². The van der Waals surface area contributed by atoms with Crippen molar-refractivity contribution in [2.75, 3.05) is 0 Å². The summed E-state index contributed by atoms with van der Waals surface area (Å²) in [5, 5.41) is 14.7. The van der Waals surface area contributed by atoms with Crippen LogP contribution in [0.1, 0.15) is 35.2 Å². The van der Waals surface area contributed by atoms with Crippen molar-refractivity contribution >= 4 is 11.6 Å². The molecule has 0 aliphatic heterocycles. The fraction of sp³-hybridized carbons (Fsp3) is 0.250. The van der Waals surface area contributed by atoms with Gasteiger partial charge in [0.25, 0.3) is 0 Å². The number of ether oxygens (including phenoxy) is 1. The standard InChI is InChI=1S/C20H14ClF3N6O2/c21-14-8-12(20(22,23)24)9-25-19(14)31-13-4-1-10(2-5-13)17-26-18(32-29-17)11-3-6-15-16(7-11)28-30-27-15/h1-2,4-5,8-9,11H,3,6-7H2,(H,27,28,30). The van der Waals surface area contributed by atoms with Crippen LogP contribution in [0, 0.1) is 0 Å². The highest BCUT2D eigenvalue weighted by atomic mass is 35.5. The molecule has 1 aliphatic rings. The third kappa shape index (κ3) is 4.03. The molecule has 32 heavy (non-hydrogen) atoms. The lowest BCUT2D eigenvalue weighted by Crippen LogP contribution is -2.13. The number of aryl methyl sites for hydroxylation is 1. The number of fused-ring (bicyclic) bond motifs is 1. The smallest absolute Gasteiger partial charge is 0.417 e. The lowest BCUT2D eigenvalue weighted by molar-refractivity contribution is -0.137. The lowest BCUT2D eigenvalue weighted by Gasteiger charge is -2.15. The van der Waals surface area contributed by atoms with E-state index in [1.54, 1.807) is 24.3 Å². The molecule has 0 radical (unpaired) electrons. The molecule has 8 nitrogen and oxygen atoms in total. The quantitative estimate of drug-likeness (QED) is 0.456. The molecule has 1 N–H and O–H groups in total. The summed E-state index contributed by atoms with van der Waals surface area (Å²) in [4.78, 5) is 8.17. The van der Waals surface area contributed by atoms with E-state index in [0.717, 1.165) is 30.3 Å². The molecule has 0 spiro atoms. The zero-order chi connectivity index (χ0) is 22.3. The van der Waals surface area contributed by atoms with Crippen LogP contribution in [-0.2, 0) is 19.0 Å². The minimum Gasteiger partial charge on any atom is -0.438 e. The van der Waals surface area contributed by atoms with Crippen molar-refractivity contribution in [1.82, 2.24) is 30.5 Å². The largest absolute Gasteiger partial charge is 0.438 e. The van der Waals surface area contributed by atoms with Gasteiger partial charge in [0.2, 0.25) is 17.6 Å². The van der Waals surface area contributed by atoms with Crippen molar-refractivity contribution in [2.45, 2.75) is 31.4 Å². The van der Waals surface area contributed by atoms with Gasteiger partial charge in [-0.05, 0) is 43.2 Å². The minimum atomic E-state index is -4.53. The second-order valence-corrected chi connectivity index (χ2v) is 7.66. The number of halogens is 4. The van der Waals surface area contributed by atoms with Gasteiger partial charge in [-0.1, -0.05) is 16.8 Å². The van der Waals surface area contributed by atoms with E-state index in [0.29, 0.717) is 35.6 Å². The topological polar surface area (TPSA) is 103 Å². The predicted octanol–water partition coefficient (Wildman–Crippen LogP) is 4.99. The number of aromatic nitrogens is 6. The average Bonchev–Trinajstić information content (AvgIpc) is 3.44. The Labute approximate surface area is 183 Å². The van der Waals surface area contributed by atoms with Crippen LogP contribution in [0.3, 0.4) is 0 Å². The molecule has 1 aliphatic carbocycles. The molecule has 3 aromatic heterocycles. The molecule has 0 saturated carbocycles. The number of pyridine rings is 1. The highest BCUT2D eigenvalue weighted by molar-refractivity contribution is 6.31. The number of benzene rings is 1. The lowest BCUT2D eigenvalue weighted by atomic mass is 9.90. The Bertz CT molecular complexity index is 1250. The number of nitrogens with one attached hydrogen (secondary N) is 1. The SMILES string of the molecule is FC(F)(F)c1cnc(Oc2ccc(-c3noc(C4CCc5n[nH]nc5C4)n3)cc2)c(Cl)c1. The molecule has 1 atom stereocenters. The van der Waals surface area contributed by atoms with Crippen molar-refractivity contribution in [3.63, 3.8) is 0 Å². The Morgan fingerprint density at radius 1 is 1.12 bits per heavy atom. The van der Waals surface area contributed by atoms with Crippen LogP contribution < -0.4 is 4.74 Å². The van der Waals surface area contributed by atoms with E-state index in [1.165, 1.54) is 0 Å². The normalized spacial score (nSPS) is 16.1. The fourth-order valence-corrected chi connectivity index (χ4v) is 3.66. The van der Waals surface area contributed by atoms with Gasteiger partial charge in [-0.3, -0.25) is 0 Å². The van der Waals surface area contributed by atoms with Gasteiger partial charge >= 0.3 is 6.18 Å². The van der Waals surface area contributed by atoms with Crippen LogP contribution in [0.5, 0.6) is 11.6 Å².